The highest BCUT2D eigenvalue weighted by molar-refractivity contribution is 6.31. The molecule has 2 atom stereocenters. The molecule has 7 nitrogen and oxygen atoms in total. The summed E-state index contributed by atoms with van der Waals surface area (Å²) < 4.78 is 1.62. The predicted octanol–water partition coefficient (Wildman–Crippen LogP) is 3.77. The molecule has 0 aliphatic carbocycles. The molecular formula is C20H15Cl2N5O2. The highest BCUT2D eigenvalue weighted by atomic mass is 35.5. The van der Waals surface area contributed by atoms with Crippen LogP contribution in [-0.2, 0) is 15.0 Å². The number of hydrogen-bond donors (Lipinski definition) is 2. The fourth-order valence-electron chi connectivity index (χ4n) is 4.09. The van der Waals surface area contributed by atoms with Crippen LogP contribution in [0.15, 0.2) is 42.5 Å². The van der Waals surface area contributed by atoms with Crippen molar-refractivity contribution in [3.05, 3.63) is 69.3 Å². The largest absolute Gasteiger partial charge is 0.325 e. The van der Waals surface area contributed by atoms with E-state index in [9.17, 15) is 9.59 Å². The summed E-state index contributed by atoms with van der Waals surface area (Å²) in [6.45, 7) is 1.94. The molecule has 3 aromatic rings. The Balaban J connectivity index is 1.68. The normalized spacial score (nSPS) is 20.8. The first-order valence-corrected chi connectivity index (χ1v) is 9.78. The molecule has 5 rings (SSSR count). The third-order valence-corrected chi connectivity index (χ3v) is 6.07. The lowest BCUT2D eigenvalue weighted by atomic mass is 9.74. The van der Waals surface area contributed by atoms with Crippen molar-refractivity contribution in [1.29, 1.82) is 0 Å². The summed E-state index contributed by atoms with van der Waals surface area (Å²) in [7, 11) is 0. The maximum Gasteiger partial charge on any atom is 0.241 e. The molecule has 0 fully saturated rings. The second-order valence-electron chi connectivity index (χ2n) is 7.23. The number of halogens is 2. The molecule has 2 aliphatic heterocycles. The van der Waals surface area contributed by atoms with Gasteiger partial charge >= 0.3 is 0 Å². The van der Waals surface area contributed by atoms with E-state index in [-0.39, 0.29) is 24.3 Å². The van der Waals surface area contributed by atoms with Crippen molar-refractivity contribution in [3.8, 4) is 0 Å². The first kappa shape index (κ1) is 18.1. The van der Waals surface area contributed by atoms with E-state index in [2.05, 4.69) is 20.9 Å². The molecule has 0 saturated carbocycles. The number of hydrogen-bond acceptors (Lipinski definition) is 4. The van der Waals surface area contributed by atoms with E-state index in [1.54, 1.807) is 35.0 Å². The van der Waals surface area contributed by atoms with E-state index < -0.39 is 5.41 Å². The number of anilines is 2. The van der Waals surface area contributed by atoms with E-state index in [4.69, 9.17) is 23.2 Å². The van der Waals surface area contributed by atoms with Gasteiger partial charge in [0.25, 0.3) is 0 Å². The van der Waals surface area contributed by atoms with E-state index in [1.165, 1.54) is 0 Å². The average molecular weight is 428 g/mol. The molecule has 2 aliphatic rings. The Labute approximate surface area is 176 Å². The van der Waals surface area contributed by atoms with E-state index in [1.807, 2.05) is 19.1 Å². The zero-order valence-electron chi connectivity index (χ0n) is 15.2. The maximum absolute atomic E-state index is 13.1. The fraction of sp³-hybridized carbons (Fsp3) is 0.200. The molecule has 9 heteroatoms. The van der Waals surface area contributed by atoms with Gasteiger partial charge in [-0.2, -0.15) is 0 Å². The van der Waals surface area contributed by atoms with Gasteiger partial charge in [-0.1, -0.05) is 40.5 Å². The van der Waals surface area contributed by atoms with Crippen molar-refractivity contribution >= 4 is 46.5 Å². The van der Waals surface area contributed by atoms with Crippen molar-refractivity contribution in [3.63, 3.8) is 0 Å². The van der Waals surface area contributed by atoms with Crippen molar-refractivity contribution in [2.75, 3.05) is 10.6 Å². The molecule has 2 aromatic carbocycles. The highest BCUT2D eigenvalue weighted by Crippen LogP contribution is 2.50. The van der Waals surface area contributed by atoms with Gasteiger partial charge in [-0.05, 0) is 48.4 Å². The quantitative estimate of drug-likeness (QED) is 0.651. The summed E-state index contributed by atoms with van der Waals surface area (Å²) >= 11 is 12.2. The molecule has 0 saturated heterocycles. The summed E-state index contributed by atoms with van der Waals surface area (Å²) in [5, 5.41) is 15.4. The second-order valence-corrected chi connectivity index (χ2v) is 8.11. The standard InChI is InChI=1S/C20H15Cl2N5O2/c1-10(11-2-4-12(21)5-3-11)27-18-17(25-26-27)20(9-16(28)24-18)14-8-13(22)6-7-15(14)23-19(20)29/h2-8,10H,9H2,1H3,(H,23,29)(H,24,28)/t10-,20?/m0/s1. The van der Waals surface area contributed by atoms with E-state index in [0.717, 1.165) is 5.56 Å². The number of amides is 2. The molecule has 1 unspecified atom stereocenters. The van der Waals surface area contributed by atoms with Crippen LogP contribution in [0.1, 0.15) is 36.2 Å². The summed E-state index contributed by atoms with van der Waals surface area (Å²) in [5.74, 6) is -0.184. The van der Waals surface area contributed by atoms with E-state index in [0.29, 0.717) is 32.8 Å². The SMILES string of the molecule is C[C@@H](c1ccc(Cl)cc1)n1nnc2c1NC(=O)CC21C(=O)Nc2ccc(Cl)cc21. The van der Waals surface area contributed by atoms with Crippen LogP contribution in [0.5, 0.6) is 0 Å². The molecule has 2 N–H and O–H groups in total. The Kier molecular flexibility index (Phi) is 3.94. The lowest BCUT2D eigenvalue weighted by Gasteiger charge is -2.30. The summed E-state index contributed by atoms with van der Waals surface area (Å²) in [6, 6.07) is 12.3. The number of carbonyl (C=O) groups excluding carboxylic acids is 2. The summed E-state index contributed by atoms with van der Waals surface area (Å²) in [4.78, 5) is 25.8. The van der Waals surface area contributed by atoms with Crippen LogP contribution in [0.25, 0.3) is 0 Å². The Morgan fingerprint density at radius 1 is 1.07 bits per heavy atom. The molecule has 2 amide bonds. The minimum atomic E-state index is -1.25. The number of nitrogens with zero attached hydrogens (tertiary/aromatic N) is 3. The lowest BCUT2D eigenvalue weighted by Crippen LogP contribution is -2.44. The predicted molar refractivity (Wildman–Crippen MR) is 109 cm³/mol. The first-order chi connectivity index (χ1) is 13.9. The second kappa shape index (κ2) is 6.30. The van der Waals surface area contributed by atoms with Crippen molar-refractivity contribution in [2.24, 2.45) is 0 Å². The lowest BCUT2D eigenvalue weighted by molar-refractivity contribution is -0.125. The molecule has 0 radical (unpaired) electrons. The molecule has 1 aromatic heterocycles. The van der Waals surface area contributed by atoms with Crippen LogP contribution in [-0.4, -0.2) is 26.8 Å². The smallest absolute Gasteiger partial charge is 0.241 e. The Hall–Kier alpha value is -2.90. The number of nitrogens with one attached hydrogen (secondary N) is 2. The van der Waals surface area contributed by atoms with Gasteiger partial charge in [0.1, 0.15) is 11.1 Å². The molecular weight excluding hydrogens is 413 g/mol. The summed E-state index contributed by atoms with van der Waals surface area (Å²) in [5.41, 5.74) is 1.36. The zero-order chi connectivity index (χ0) is 20.3. The van der Waals surface area contributed by atoms with Gasteiger partial charge in [-0.15, -0.1) is 5.10 Å². The van der Waals surface area contributed by atoms with Crippen LogP contribution >= 0.6 is 23.2 Å². The number of benzene rings is 2. The maximum atomic E-state index is 13.1. The number of carbonyl (C=O) groups is 2. The van der Waals surface area contributed by atoms with Gasteiger partial charge < -0.3 is 10.6 Å². The first-order valence-electron chi connectivity index (χ1n) is 9.02. The number of fused-ring (bicyclic) bond motifs is 4. The van der Waals surface area contributed by atoms with Crippen LogP contribution in [0, 0.1) is 0 Å². The number of rotatable bonds is 2. The van der Waals surface area contributed by atoms with Gasteiger partial charge in [0.05, 0.1) is 12.5 Å². The van der Waals surface area contributed by atoms with Gasteiger partial charge in [0.2, 0.25) is 11.8 Å². The highest BCUT2D eigenvalue weighted by Gasteiger charge is 2.56. The third-order valence-electron chi connectivity index (χ3n) is 5.58. The molecule has 29 heavy (non-hydrogen) atoms. The third kappa shape index (κ3) is 2.58. The van der Waals surface area contributed by atoms with Gasteiger partial charge in [0.15, 0.2) is 5.82 Å². The minimum absolute atomic E-state index is 0.0623. The number of aromatic nitrogens is 3. The monoisotopic (exact) mass is 427 g/mol. The zero-order valence-corrected chi connectivity index (χ0v) is 16.8. The summed E-state index contributed by atoms with van der Waals surface area (Å²) in [6.07, 6.45) is -0.0623. The van der Waals surface area contributed by atoms with Crippen LogP contribution in [0.3, 0.4) is 0 Å². The van der Waals surface area contributed by atoms with Crippen molar-refractivity contribution in [2.45, 2.75) is 24.8 Å². The topological polar surface area (TPSA) is 88.9 Å². The van der Waals surface area contributed by atoms with E-state index >= 15 is 0 Å². The van der Waals surface area contributed by atoms with Crippen molar-refractivity contribution < 1.29 is 9.59 Å². The minimum Gasteiger partial charge on any atom is -0.325 e. The van der Waals surface area contributed by atoms with Crippen LogP contribution < -0.4 is 10.6 Å². The van der Waals surface area contributed by atoms with Crippen LogP contribution in [0.4, 0.5) is 11.5 Å². The Morgan fingerprint density at radius 2 is 1.79 bits per heavy atom. The van der Waals surface area contributed by atoms with Crippen LogP contribution in [0.2, 0.25) is 10.0 Å². The molecule has 0 bridgehead atoms. The Bertz CT molecular complexity index is 1170. The van der Waals surface area contributed by atoms with Gasteiger partial charge in [0, 0.05) is 15.7 Å². The van der Waals surface area contributed by atoms with Gasteiger partial charge in [-0.3, -0.25) is 9.59 Å². The molecule has 146 valence electrons. The van der Waals surface area contributed by atoms with Gasteiger partial charge in [-0.25, -0.2) is 4.68 Å². The molecule has 3 heterocycles. The average Bonchev–Trinajstić information content (AvgIpc) is 3.22. The Morgan fingerprint density at radius 3 is 2.55 bits per heavy atom. The van der Waals surface area contributed by atoms with Crippen molar-refractivity contribution in [1.82, 2.24) is 15.0 Å². The molecule has 1 spiro atoms. The fourth-order valence-corrected chi connectivity index (χ4v) is 4.39.